The lowest BCUT2D eigenvalue weighted by molar-refractivity contribution is -0.123. The van der Waals surface area contributed by atoms with Gasteiger partial charge in [-0.2, -0.15) is 0 Å². The number of amides is 1. The molecular formula is C24H26N2O5. The minimum Gasteiger partial charge on any atom is -0.497 e. The van der Waals surface area contributed by atoms with Crippen LogP contribution in [0.25, 0.3) is 22.1 Å². The number of hydrogen-bond donors (Lipinski definition) is 1. The second-order valence-electron chi connectivity index (χ2n) is 7.73. The predicted octanol–water partition coefficient (Wildman–Crippen LogP) is 3.04. The molecule has 0 unspecified atom stereocenters. The van der Waals surface area contributed by atoms with Crippen LogP contribution in [0.5, 0.6) is 11.5 Å². The molecule has 3 aromatic rings. The van der Waals surface area contributed by atoms with Crippen molar-refractivity contribution in [2.24, 2.45) is 11.7 Å². The standard InChI is InChI=1S/C24H26N2O5/c1-29-18-4-2-16(3-5-18)21-15-31-22-14-19(6-7-20(22)23(21)27)30-13-12-26-10-8-17(9-11-26)24(25)28/h2-7,14-15,17H,8-13H2,1H3,(H2,25,28). The van der Waals surface area contributed by atoms with Crippen molar-refractivity contribution >= 4 is 16.9 Å². The van der Waals surface area contributed by atoms with Crippen molar-refractivity contribution in [3.8, 4) is 22.6 Å². The van der Waals surface area contributed by atoms with Gasteiger partial charge in [0, 0.05) is 18.5 Å². The normalized spacial score (nSPS) is 15.1. The van der Waals surface area contributed by atoms with E-state index in [9.17, 15) is 9.59 Å². The third kappa shape index (κ3) is 4.72. The molecule has 2 heterocycles. The number of ether oxygens (including phenoxy) is 2. The Morgan fingerprint density at radius 3 is 2.52 bits per heavy atom. The lowest BCUT2D eigenvalue weighted by Crippen LogP contribution is -2.40. The van der Waals surface area contributed by atoms with E-state index in [0.717, 1.165) is 43.8 Å². The van der Waals surface area contributed by atoms with Gasteiger partial charge in [-0.1, -0.05) is 12.1 Å². The molecule has 1 aromatic heterocycles. The molecule has 0 radical (unpaired) electrons. The minimum absolute atomic E-state index is 0.0108. The maximum atomic E-state index is 12.9. The molecule has 1 fully saturated rings. The number of fused-ring (bicyclic) bond motifs is 1. The van der Waals surface area contributed by atoms with E-state index in [4.69, 9.17) is 19.6 Å². The summed E-state index contributed by atoms with van der Waals surface area (Å²) in [5.41, 5.74) is 7.06. The van der Waals surface area contributed by atoms with Crippen LogP contribution in [-0.2, 0) is 4.79 Å². The number of likely N-dealkylation sites (tertiary alicyclic amines) is 1. The van der Waals surface area contributed by atoms with Crippen LogP contribution in [0.3, 0.4) is 0 Å². The highest BCUT2D eigenvalue weighted by atomic mass is 16.5. The zero-order valence-corrected chi connectivity index (χ0v) is 17.5. The average Bonchev–Trinajstić information content (AvgIpc) is 2.80. The summed E-state index contributed by atoms with van der Waals surface area (Å²) in [5.74, 6) is 1.17. The zero-order valence-electron chi connectivity index (χ0n) is 17.5. The number of primary amides is 1. The second-order valence-corrected chi connectivity index (χ2v) is 7.73. The van der Waals surface area contributed by atoms with Gasteiger partial charge in [-0.3, -0.25) is 14.5 Å². The van der Waals surface area contributed by atoms with E-state index in [1.165, 1.54) is 6.26 Å². The molecule has 7 heteroatoms. The SMILES string of the molecule is COc1ccc(-c2coc3cc(OCCN4CCC(C(N)=O)CC4)ccc3c2=O)cc1. The first-order valence-corrected chi connectivity index (χ1v) is 10.4. The van der Waals surface area contributed by atoms with E-state index >= 15 is 0 Å². The summed E-state index contributed by atoms with van der Waals surface area (Å²) in [5, 5.41) is 0.509. The van der Waals surface area contributed by atoms with E-state index in [0.29, 0.717) is 28.9 Å². The fourth-order valence-corrected chi connectivity index (χ4v) is 3.90. The first-order valence-electron chi connectivity index (χ1n) is 10.4. The minimum atomic E-state index is -0.205. The van der Waals surface area contributed by atoms with Crippen LogP contribution in [0.15, 0.2) is 57.9 Å². The molecule has 0 spiro atoms. The summed E-state index contributed by atoms with van der Waals surface area (Å²) in [6.45, 7) is 2.97. The van der Waals surface area contributed by atoms with Crippen LogP contribution < -0.4 is 20.6 Å². The van der Waals surface area contributed by atoms with Crippen molar-refractivity contribution in [1.29, 1.82) is 0 Å². The lowest BCUT2D eigenvalue weighted by atomic mass is 9.96. The Hall–Kier alpha value is -3.32. The molecule has 2 aromatic carbocycles. The Morgan fingerprint density at radius 1 is 1.13 bits per heavy atom. The first-order chi connectivity index (χ1) is 15.0. The lowest BCUT2D eigenvalue weighted by Gasteiger charge is -2.30. The van der Waals surface area contributed by atoms with Crippen LogP contribution in [0.2, 0.25) is 0 Å². The van der Waals surface area contributed by atoms with Crippen molar-refractivity contribution in [2.45, 2.75) is 12.8 Å². The van der Waals surface area contributed by atoms with E-state index in [-0.39, 0.29) is 17.3 Å². The maximum absolute atomic E-state index is 12.9. The summed E-state index contributed by atoms with van der Waals surface area (Å²) >= 11 is 0. The largest absolute Gasteiger partial charge is 0.497 e. The number of rotatable bonds is 7. The molecule has 7 nitrogen and oxygen atoms in total. The molecule has 1 aliphatic heterocycles. The molecule has 4 rings (SSSR count). The number of nitrogens with zero attached hydrogens (tertiary/aromatic N) is 1. The highest BCUT2D eigenvalue weighted by Crippen LogP contribution is 2.25. The van der Waals surface area contributed by atoms with Crippen LogP contribution in [0, 0.1) is 5.92 Å². The van der Waals surface area contributed by atoms with Gasteiger partial charge in [-0.15, -0.1) is 0 Å². The molecule has 0 bridgehead atoms. The molecule has 2 N–H and O–H groups in total. The summed E-state index contributed by atoms with van der Waals surface area (Å²) in [7, 11) is 1.60. The number of nitrogens with two attached hydrogens (primary N) is 1. The molecule has 0 aliphatic carbocycles. The first kappa shape index (κ1) is 20.9. The average molecular weight is 422 g/mol. The Balaban J connectivity index is 1.40. The predicted molar refractivity (Wildman–Crippen MR) is 118 cm³/mol. The number of benzene rings is 2. The summed E-state index contributed by atoms with van der Waals surface area (Å²) in [6, 6.07) is 12.6. The number of piperidine rings is 1. The van der Waals surface area contributed by atoms with Gasteiger partial charge in [0.2, 0.25) is 5.91 Å². The summed E-state index contributed by atoms with van der Waals surface area (Å²) in [6.07, 6.45) is 3.08. The molecule has 1 aliphatic rings. The number of methoxy groups -OCH3 is 1. The molecule has 0 saturated carbocycles. The monoisotopic (exact) mass is 422 g/mol. The van der Waals surface area contributed by atoms with Gasteiger partial charge in [-0.25, -0.2) is 0 Å². The topological polar surface area (TPSA) is 95.0 Å². The molecule has 1 saturated heterocycles. The van der Waals surface area contributed by atoms with Gasteiger partial charge in [0.25, 0.3) is 0 Å². The van der Waals surface area contributed by atoms with Crippen LogP contribution >= 0.6 is 0 Å². The van der Waals surface area contributed by atoms with E-state index in [2.05, 4.69) is 4.90 Å². The van der Waals surface area contributed by atoms with Crippen molar-refractivity contribution in [1.82, 2.24) is 4.90 Å². The van der Waals surface area contributed by atoms with Gasteiger partial charge < -0.3 is 19.6 Å². The Kier molecular flexibility index (Phi) is 6.23. The van der Waals surface area contributed by atoms with Gasteiger partial charge in [0.1, 0.15) is 30.0 Å². The maximum Gasteiger partial charge on any atom is 0.220 e. The highest BCUT2D eigenvalue weighted by Gasteiger charge is 2.22. The molecule has 31 heavy (non-hydrogen) atoms. The molecular weight excluding hydrogens is 396 g/mol. The summed E-state index contributed by atoms with van der Waals surface area (Å²) < 4.78 is 16.8. The Bertz CT molecular complexity index is 1120. The number of carbonyl (C=O) groups is 1. The fourth-order valence-electron chi connectivity index (χ4n) is 3.90. The smallest absolute Gasteiger partial charge is 0.220 e. The zero-order chi connectivity index (χ0) is 21.8. The highest BCUT2D eigenvalue weighted by molar-refractivity contribution is 5.82. The van der Waals surface area contributed by atoms with Crippen LogP contribution in [-0.4, -0.2) is 44.2 Å². The van der Waals surface area contributed by atoms with Gasteiger partial charge in [0.05, 0.1) is 18.1 Å². The van der Waals surface area contributed by atoms with Gasteiger partial charge in [-0.05, 0) is 55.8 Å². The van der Waals surface area contributed by atoms with Gasteiger partial charge in [0.15, 0.2) is 5.43 Å². The Labute approximate surface area is 180 Å². The van der Waals surface area contributed by atoms with E-state index < -0.39 is 0 Å². The third-order valence-corrected chi connectivity index (χ3v) is 5.81. The molecule has 162 valence electrons. The Morgan fingerprint density at radius 2 is 1.84 bits per heavy atom. The quantitative estimate of drug-likeness (QED) is 0.629. The van der Waals surface area contributed by atoms with Gasteiger partial charge >= 0.3 is 0 Å². The van der Waals surface area contributed by atoms with Crippen molar-refractivity contribution < 1.29 is 18.7 Å². The molecule has 1 amide bonds. The fraction of sp³-hybridized carbons (Fsp3) is 0.333. The second kappa shape index (κ2) is 9.22. The van der Waals surface area contributed by atoms with Crippen LogP contribution in [0.1, 0.15) is 12.8 Å². The van der Waals surface area contributed by atoms with E-state index in [1.54, 1.807) is 25.3 Å². The molecule has 0 atom stereocenters. The van der Waals surface area contributed by atoms with Crippen LogP contribution in [0.4, 0.5) is 0 Å². The summed E-state index contributed by atoms with van der Waals surface area (Å²) in [4.78, 5) is 26.4. The van der Waals surface area contributed by atoms with E-state index in [1.807, 2.05) is 24.3 Å². The van der Waals surface area contributed by atoms with Crippen molar-refractivity contribution in [2.75, 3.05) is 33.4 Å². The number of hydrogen-bond acceptors (Lipinski definition) is 6. The number of carbonyl (C=O) groups excluding carboxylic acids is 1. The van der Waals surface area contributed by atoms with Crippen molar-refractivity contribution in [3.05, 3.63) is 59.0 Å². The van der Waals surface area contributed by atoms with Crippen molar-refractivity contribution in [3.63, 3.8) is 0 Å². The third-order valence-electron chi connectivity index (χ3n) is 5.81.